The Kier molecular flexibility index (Phi) is 10.6. The minimum Gasteiger partial charge on any atom is -0.492 e. The number of hydrogen-bond donors (Lipinski definition) is 1. The van der Waals surface area contributed by atoms with Crippen LogP contribution in [-0.2, 0) is 26.2 Å². The van der Waals surface area contributed by atoms with E-state index in [0.29, 0.717) is 12.4 Å². The van der Waals surface area contributed by atoms with E-state index in [9.17, 15) is 18.0 Å². The molecule has 192 valence electrons. The molecular formula is C25H34BrN3O5S. The van der Waals surface area contributed by atoms with E-state index in [1.807, 2.05) is 38.1 Å². The lowest BCUT2D eigenvalue weighted by Gasteiger charge is -2.32. The topological polar surface area (TPSA) is 96.0 Å². The van der Waals surface area contributed by atoms with E-state index in [1.54, 1.807) is 38.1 Å². The lowest BCUT2D eigenvalue weighted by molar-refractivity contribution is -0.139. The Morgan fingerprint density at radius 1 is 1.06 bits per heavy atom. The van der Waals surface area contributed by atoms with Gasteiger partial charge in [0.05, 0.1) is 18.6 Å². The number of sulfonamides is 1. The predicted octanol–water partition coefficient (Wildman–Crippen LogP) is 3.95. The third kappa shape index (κ3) is 8.24. The molecule has 2 rings (SSSR count). The van der Waals surface area contributed by atoms with E-state index in [4.69, 9.17) is 4.74 Å². The summed E-state index contributed by atoms with van der Waals surface area (Å²) in [5.74, 6) is -0.447. The zero-order valence-electron chi connectivity index (χ0n) is 20.8. The molecule has 0 bridgehead atoms. The molecule has 0 saturated heterocycles. The molecule has 2 amide bonds. The summed E-state index contributed by atoms with van der Waals surface area (Å²) in [6.45, 7) is 7.30. The van der Waals surface area contributed by atoms with E-state index in [1.165, 1.54) is 4.90 Å². The maximum Gasteiger partial charge on any atom is 0.244 e. The molecule has 0 heterocycles. The second-order valence-corrected chi connectivity index (χ2v) is 11.1. The van der Waals surface area contributed by atoms with Gasteiger partial charge in [-0.3, -0.25) is 13.9 Å². The van der Waals surface area contributed by atoms with Gasteiger partial charge in [0.15, 0.2) is 0 Å². The molecule has 0 aromatic heterocycles. The average Bonchev–Trinajstić information content (AvgIpc) is 2.81. The van der Waals surface area contributed by atoms with Crippen molar-refractivity contribution in [1.29, 1.82) is 0 Å². The van der Waals surface area contributed by atoms with Crippen LogP contribution in [-0.4, -0.2) is 56.6 Å². The predicted molar refractivity (Wildman–Crippen MR) is 142 cm³/mol. The number of ether oxygens (including phenoxy) is 1. The molecular weight excluding hydrogens is 534 g/mol. The molecule has 35 heavy (non-hydrogen) atoms. The number of carbonyl (C=O) groups is 2. The molecule has 0 unspecified atom stereocenters. The quantitative estimate of drug-likeness (QED) is 0.419. The third-order valence-electron chi connectivity index (χ3n) is 5.55. The number of amides is 2. The number of hydrogen-bond acceptors (Lipinski definition) is 5. The summed E-state index contributed by atoms with van der Waals surface area (Å²) in [4.78, 5) is 27.9. The number of rotatable bonds is 12. The van der Waals surface area contributed by atoms with Crippen LogP contribution in [0.3, 0.4) is 0 Å². The largest absolute Gasteiger partial charge is 0.492 e. The second kappa shape index (κ2) is 12.9. The minimum atomic E-state index is -3.84. The van der Waals surface area contributed by atoms with Crippen LogP contribution in [0.1, 0.15) is 39.7 Å². The van der Waals surface area contributed by atoms with Crippen molar-refractivity contribution in [2.75, 3.05) is 23.7 Å². The van der Waals surface area contributed by atoms with Crippen molar-refractivity contribution in [2.24, 2.45) is 0 Å². The van der Waals surface area contributed by atoms with Gasteiger partial charge >= 0.3 is 0 Å². The standard InChI is InChI=1S/C25H34BrN3O5S/c1-6-18(3)27-25(31)19(4)28(16-20-12-14-21(26)15-13-20)24(30)17-29(35(5,32)33)22-10-8-9-11-23(22)34-7-2/h8-15,18-19H,6-7,16-17H2,1-5H3,(H,27,31)/t18-,19+/m0/s1. The van der Waals surface area contributed by atoms with Crippen LogP contribution in [0, 0.1) is 0 Å². The first-order valence-corrected chi connectivity index (χ1v) is 14.2. The van der Waals surface area contributed by atoms with Crippen LogP contribution in [0.5, 0.6) is 5.75 Å². The Bertz CT molecular complexity index is 1110. The summed E-state index contributed by atoms with van der Waals surface area (Å²) in [7, 11) is -3.84. The summed E-state index contributed by atoms with van der Waals surface area (Å²) >= 11 is 3.40. The maximum absolute atomic E-state index is 13.6. The molecule has 2 aromatic carbocycles. The Hall–Kier alpha value is -2.59. The number of carbonyl (C=O) groups excluding carboxylic acids is 2. The monoisotopic (exact) mass is 567 g/mol. The molecule has 0 saturated carbocycles. The van der Waals surface area contributed by atoms with Crippen LogP contribution in [0.4, 0.5) is 5.69 Å². The van der Waals surface area contributed by atoms with Crippen molar-refractivity contribution >= 4 is 43.5 Å². The number of halogens is 1. The molecule has 0 radical (unpaired) electrons. The van der Waals surface area contributed by atoms with Crippen molar-refractivity contribution in [2.45, 2.75) is 52.7 Å². The van der Waals surface area contributed by atoms with Gasteiger partial charge in [-0.1, -0.05) is 47.1 Å². The molecule has 0 aliphatic heterocycles. The van der Waals surface area contributed by atoms with Crippen LogP contribution in [0.2, 0.25) is 0 Å². The SMILES string of the molecule is CCOc1ccccc1N(CC(=O)N(Cc1ccc(Br)cc1)[C@H](C)C(=O)N[C@@H](C)CC)S(C)(=O)=O. The zero-order chi connectivity index (χ0) is 26.2. The second-order valence-electron chi connectivity index (χ2n) is 8.31. The number of benzene rings is 2. The molecule has 2 atom stereocenters. The molecule has 1 N–H and O–H groups in total. The molecule has 0 fully saturated rings. The van der Waals surface area contributed by atoms with Gasteiger partial charge in [-0.25, -0.2) is 8.42 Å². The van der Waals surface area contributed by atoms with Crippen molar-refractivity contribution in [3.05, 3.63) is 58.6 Å². The Labute approximate surface area is 216 Å². The first-order chi connectivity index (χ1) is 16.5. The van der Waals surface area contributed by atoms with Crippen molar-refractivity contribution in [1.82, 2.24) is 10.2 Å². The number of para-hydroxylation sites is 2. The highest BCUT2D eigenvalue weighted by Gasteiger charge is 2.31. The fraction of sp³-hybridized carbons (Fsp3) is 0.440. The first-order valence-electron chi connectivity index (χ1n) is 11.5. The van der Waals surface area contributed by atoms with E-state index >= 15 is 0 Å². The highest BCUT2D eigenvalue weighted by Crippen LogP contribution is 2.30. The molecule has 10 heteroatoms. The fourth-order valence-corrected chi connectivity index (χ4v) is 4.49. The molecule has 8 nitrogen and oxygen atoms in total. The van der Waals surface area contributed by atoms with E-state index in [-0.39, 0.29) is 24.2 Å². The Morgan fingerprint density at radius 2 is 1.69 bits per heavy atom. The van der Waals surface area contributed by atoms with Crippen LogP contribution >= 0.6 is 15.9 Å². The van der Waals surface area contributed by atoms with Crippen LogP contribution in [0.25, 0.3) is 0 Å². The lowest BCUT2D eigenvalue weighted by atomic mass is 10.1. The third-order valence-corrected chi connectivity index (χ3v) is 7.20. The smallest absolute Gasteiger partial charge is 0.244 e. The number of nitrogens with zero attached hydrogens (tertiary/aromatic N) is 2. The average molecular weight is 569 g/mol. The fourth-order valence-electron chi connectivity index (χ4n) is 3.37. The first kappa shape index (κ1) is 28.6. The summed E-state index contributed by atoms with van der Waals surface area (Å²) in [6, 6.07) is 13.2. The van der Waals surface area contributed by atoms with E-state index in [2.05, 4.69) is 21.2 Å². The summed E-state index contributed by atoms with van der Waals surface area (Å²) in [5, 5.41) is 2.91. The maximum atomic E-state index is 13.6. The number of anilines is 1. The number of nitrogens with one attached hydrogen (secondary N) is 1. The summed E-state index contributed by atoms with van der Waals surface area (Å²) in [5.41, 5.74) is 1.08. The lowest BCUT2D eigenvalue weighted by Crippen LogP contribution is -2.52. The van der Waals surface area contributed by atoms with Crippen LogP contribution < -0.4 is 14.4 Å². The van der Waals surface area contributed by atoms with E-state index < -0.39 is 28.5 Å². The van der Waals surface area contributed by atoms with Gasteiger partial charge in [-0.2, -0.15) is 0 Å². The summed E-state index contributed by atoms with van der Waals surface area (Å²) in [6.07, 6.45) is 1.79. The minimum absolute atomic E-state index is 0.0554. The van der Waals surface area contributed by atoms with Gasteiger partial charge in [-0.05, 0) is 57.0 Å². The highest BCUT2D eigenvalue weighted by atomic mass is 79.9. The molecule has 0 aliphatic carbocycles. The van der Waals surface area contributed by atoms with E-state index in [0.717, 1.165) is 27.0 Å². The normalized spacial score (nSPS) is 13.0. The zero-order valence-corrected chi connectivity index (χ0v) is 23.2. The van der Waals surface area contributed by atoms with Gasteiger partial charge in [0, 0.05) is 17.1 Å². The van der Waals surface area contributed by atoms with Gasteiger partial charge < -0.3 is 15.0 Å². The van der Waals surface area contributed by atoms with Crippen molar-refractivity contribution in [3.8, 4) is 5.75 Å². The van der Waals surface area contributed by atoms with Gasteiger partial charge in [0.1, 0.15) is 18.3 Å². The van der Waals surface area contributed by atoms with Gasteiger partial charge in [-0.15, -0.1) is 0 Å². The van der Waals surface area contributed by atoms with Gasteiger partial charge in [0.2, 0.25) is 21.8 Å². The van der Waals surface area contributed by atoms with Crippen LogP contribution in [0.15, 0.2) is 53.0 Å². The van der Waals surface area contributed by atoms with Crippen molar-refractivity contribution in [3.63, 3.8) is 0 Å². The van der Waals surface area contributed by atoms with Gasteiger partial charge in [0.25, 0.3) is 0 Å². The summed E-state index contributed by atoms with van der Waals surface area (Å²) < 4.78 is 33.0. The molecule has 0 spiro atoms. The Balaban J connectivity index is 2.42. The highest BCUT2D eigenvalue weighted by molar-refractivity contribution is 9.10. The molecule has 2 aromatic rings. The Morgan fingerprint density at radius 3 is 2.26 bits per heavy atom. The van der Waals surface area contributed by atoms with Crippen molar-refractivity contribution < 1.29 is 22.7 Å². The molecule has 0 aliphatic rings.